The third kappa shape index (κ3) is 8.52. The molecule has 18 heteroatoms. The van der Waals surface area contributed by atoms with Crippen LogP contribution in [0.1, 0.15) is 16.2 Å². The molecule has 16 nitrogen and oxygen atoms in total. The lowest BCUT2D eigenvalue weighted by Gasteiger charge is -2.38. The molecule has 0 saturated carbocycles. The molecule has 0 atom stereocenters. The van der Waals surface area contributed by atoms with Crippen LogP contribution < -0.4 is 29.6 Å². The molecule has 0 spiro atoms. The summed E-state index contributed by atoms with van der Waals surface area (Å²) in [5.41, 5.74) is 2.22. The number of ether oxygens (including phenoxy) is 4. The Hall–Kier alpha value is -5.82. The molecule has 4 aromatic rings. The van der Waals surface area contributed by atoms with Crippen LogP contribution in [0, 0.1) is 13.8 Å². The van der Waals surface area contributed by atoms with E-state index >= 15 is 0 Å². The van der Waals surface area contributed by atoms with Crippen molar-refractivity contribution in [3.05, 3.63) is 90.2 Å². The minimum atomic E-state index is -0.992. The number of piperazine rings is 2. The number of benzene rings is 2. The Balaban J connectivity index is 0.908. The Kier molecular flexibility index (Phi) is 11.6. The normalized spacial score (nSPS) is 16.7. The van der Waals surface area contributed by atoms with Gasteiger partial charge in [-0.3, -0.25) is 9.59 Å². The van der Waals surface area contributed by atoms with E-state index in [2.05, 4.69) is 33.7 Å². The number of anilines is 2. The number of rotatable bonds is 8. The van der Waals surface area contributed by atoms with Crippen molar-refractivity contribution in [2.75, 3.05) is 89.8 Å². The van der Waals surface area contributed by atoms with E-state index in [1.165, 1.54) is 32.5 Å². The molecule has 0 bridgehead atoms. The SMILES string of the molecule is Cc1cc2c(s1)=Nc1ccccc1N(C(=O)OCOC(=O)CC(=O)OCOC(=O)N1C(N3CCN(C)CC3)=c3cc(C)sc3=Nc3ccccc31)C=2N1CCN(C)CC1. The summed E-state index contributed by atoms with van der Waals surface area (Å²) in [5.74, 6) is -0.711. The predicted molar refractivity (Wildman–Crippen MR) is 221 cm³/mol. The monoisotopic (exact) mass is 840 g/mol. The van der Waals surface area contributed by atoms with Gasteiger partial charge in [0.25, 0.3) is 0 Å². The highest BCUT2D eigenvalue weighted by Gasteiger charge is 2.34. The first kappa shape index (κ1) is 40.0. The molecule has 4 aliphatic heterocycles. The van der Waals surface area contributed by atoms with Gasteiger partial charge in [-0.25, -0.2) is 29.4 Å². The molecule has 2 saturated heterocycles. The first-order valence-electron chi connectivity index (χ1n) is 19.2. The van der Waals surface area contributed by atoms with E-state index < -0.39 is 44.1 Å². The van der Waals surface area contributed by atoms with Crippen molar-refractivity contribution >= 4 is 81.2 Å². The van der Waals surface area contributed by atoms with Crippen molar-refractivity contribution in [1.82, 2.24) is 19.6 Å². The van der Waals surface area contributed by atoms with Gasteiger partial charge in [-0.2, -0.15) is 0 Å². The summed E-state index contributed by atoms with van der Waals surface area (Å²) in [6, 6.07) is 18.6. The molecule has 0 unspecified atom stereocenters. The number of carbonyl (C=O) groups is 4. The van der Waals surface area contributed by atoms with Crippen LogP contribution in [0.15, 0.2) is 70.6 Å². The molecule has 2 aromatic heterocycles. The van der Waals surface area contributed by atoms with Crippen LogP contribution in [-0.4, -0.2) is 124 Å². The van der Waals surface area contributed by atoms with Gasteiger partial charge in [0.2, 0.25) is 13.6 Å². The Bertz CT molecular complexity index is 2370. The van der Waals surface area contributed by atoms with Crippen LogP contribution in [0.4, 0.5) is 32.3 Å². The highest BCUT2D eigenvalue weighted by Crippen LogP contribution is 2.36. The average molecular weight is 841 g/mol. The maximum absolute atomic E-state index is 14.0. The number of amides is 2. The maximum atomic E-state index is 14.0. The summed E-state index contributed by atoms with van der Waals surface area (Å²) in [5, 5.41) is 1.61. The van der Waals surface area contributed by atoms with Crippen LogP contribution in [-0.2, 0) is 28.5 Å². The van der Waals surface area contributed by atoms with Gasteiger partial charge in [-0.05, 0) is 64.3 Å². The molecule has 8 rings (SSSR count). The molecule has 2 aromatic carbocycles. The van der Waals surface area contributed by atoms with Gasteiger partial charge in [0.05, 0.1) is 33.2 Å². The molecular formula is C41H44N8O8S2. The molecule has 0 N–H and O–H groups in total. The smallest absolute Gasteiger partial charge is 0.423 e. The van der Waals surface area contributed by atoms with E-state index in [4.69, 9.17) is 28.9 Å². The minimum absolute atomic E-state index is 0.522. The Labute approximate surface area is 348 Å². The molecule has 0 aliphatic carbocycles. The van der Waals surface area contributed by atoms with Gasteiger partial charge in [-0.15, -0.1) is 22.7 Å². The van der Waals surface area contributed by atoms with Crippen LogP contribution in [0.3, 0.4) is 0 Å². The van der Waals surface area contributed by atoms with Gasteiger partial charge in [0.15, 0.2) is 0 Å². The average Bonchev–Trinajstić information content (AvgIpc) is 3.68. The molecule has 59 heavy (non-hydrogen) atoms. The van der Waals surface area contributed by atoms with E-state index in [0.717, 1.165) is 55.7 Å². The van der Waals surface area contributed by atoms with Gasteiger partial charge < -0.3 is 38.5 Å². The zero-order valence-corrected chi connectivity index (χ0v) is 34.8. The summed E-state index contributed by atoms with van der Waals surface area (Å²) >= 11 is 3.08. The molecular weight excluding hydrogens is 797 g/mol. The quantitative estimate of drug-likeness (QED) is 0.146. The molecule has 2 fully saturated rings. The first-order chi connectivity index (χ1) is 28.5. The number of thiophene rings is 2. The van der Waals surface area contributed by atoms with Crippen molar-refractivity contribution < 1.29 is 38.1 Å². The van der Waals surface area contributed by atoms with E-state index in [-0.39, 0.29) is 0 Å². The predicted octanol–water partition coefficient (Wildman–Crippen LogP) is 2.96. The van der Waals surface area contributed by atoms with Crippen LogP contribution in [0.2, 0.25) is 0 Å². The van der Waals surface area contributed by atoms with Crippen molar-refractivity contribution in [3.8, 4) is 0 Å². The fourth-order valence-electron chi connectivity index (χ4n) is 7.34. The number of hydrogen-bond donors (Lipinski definition) is 0. The lowest BCUT2D eigenvalue weighted by molar-refractivity contribution is -0.162. The number of hydrogen-bond acceptors (Lipinski definition) is 16. The van der Waals surface area contributed by atoms with Crippen LogP contribution >= 0.6 is 22.7 Å². The summed E-state index contributed by atoms with van der Waals surface area (Å²) in [7, 11) is 4.11. The van der Waals surface area contributed by atoms with Gasteiger partial charge >= 0.3 is 24.1 Å². The third-order valence-corrected chi connectivity index (χ3v) is 12.2. The van der Waals surface area contributed by atoms with Gasteiger partial charge in [0.1, 0.15) is 27.4 Å². The molecule has 308 valence electrons. The second-order valence-corrected chi connectivity index (χ2v) is 17.0. The second kappa shape index (κ2) is 17.2. The van der Waals surface area contributed by atoms with Gasteiger partial charge in [-0.1, -0.05) is 24.3 Å². The van der Waals surface area contributed by atoms with Crippen molar-refractivity contribution in [1.29, 1.82) is 0 Å². The van der Waals surface area contributed by atoms with E-state index in [1.807, 2.05) is 62.4 Å². The summed E-state index contributed by atoms with van der Waals surface area (Å²) < 4.78 is 22.9. The maximum Gasteiger partial charge on any atom is 0.423 e. The summed E-state index contributed by atoms with van der Waals surface area (Å²) in [4.78, 5) is 77.0. The van der Waals surface area contributed by atoms with E-state index in [0.29, 0.717) is 60.6 Å². The van der Waals surface area contributed by atoms with Gasteiger partial charge in [0, 0.05) is 62.1 Å². The number of aryl methyl sites for hydroxylation is 2. The van der Waals surface area contributed by atoms with E-state index in [9.17, 15) is 19.2 Å². The lowest BCUT2D eigenvalue weighted by atomic mass is 10.2. The number of carbonyl (C=O) groups excluding carboxylic acids is 4. The number of likely N-dealkylation sites (N-methyl/N-ethyl adjacent to an activating group) is 2. The topological polar surface area (TPSA) is 149 Å². The van der Waals surface area contributed by atoms with Crippen LogP contribution in [0.25, 0.3) is 11.6 Å². The number of fused-ring (bicyclic) bond motifs is 4. The van der Waals surface area contributed by atoms with E-state index in [1.54, 1.807) is 12.1 Å². The van der Waals surface area contributed by atoms with Crippen LogP contribution in [0.5, 0.6) is 0 Å². The molecule has 0 radical (unpaired) electrons. The molecule has 4 aliphatic rings. The third-order valence-electron chi connectivity index (χ3n) is 10.3. The number of nitrogens with zero attached hydrogens (tertiary/aromatic N) is 8. The fourth-order valence-corrected chi connectivity index (χ4v) is 9.12. The highest BCUT2D eigenvalue weighted by atomic mass is 32.1. The largest absolute Gasteiger partial charge is 0.427 e. The Morgan fingerprint density at radius 2 is 0.966 bits per heavy atom. The highest BCUT2D eigenvalue weighted by molar-refractivity contribution is 7.09. The Morgan fingerprint density at radius 3 is 1.37 bits per heavy atom. The fraction of sp³-hybridized carbons (Fsp3) is 0.366. The standard InChI is InChI=1S/C41H44N8O8S2/c1-26-21-28-36(58-26)42-30-9-5-7-11-32(30)48(38(28)46-17-13-44(3)14-18-46)40(52)56-24-54-34(50)23-35(51)55-25-57-41(53)49-33-12-8-6-10-31(33)43-37-29(22-27(2)59-37)39(49)47-19-15-45(4)16-20-47/h5-12,21-22H,13-20,23-25H2,1-4H3. The van der Waals surface area contributed by atoms with Crippen molar-refractivity contribution in [3.63, 3.8) is 0 Å². The zero-order chi connectivity index (χ0) is 41.2. The minimum Gasteiger partial charge on any atom is -0.427 e. The Morgan fingerprint density at radius 1 is 0.576 bits per heavy atom. The number of para-hydroxylation sites is 4. The second-order valence-electron chi connectivity index (χ2n) is 14.5. The lowest BCUT2D eigenvalue weighted by Crippen LogP contribution is -2.51. The van der Waals surface area contributed by atoms with Crippen molar-refractivity contribution in [2.45, 2.75) is 20.3 Å². The summed E-state index contributed by atoms with van der Waals surface area (Å²) in [6.07, 6.45) is -2.36. The summed E-state index contributed by atoms with van der Waals surface area (Å²) in [6.45, 7) is 8.35. The number of esters is 2. The molecule has 6 heterocycles. The van der Waals surface area contributed by atoms with Crippen molar-refractivity contribution in [2.24, 2.45) is 9.98 Å². The molecule has 2 amide bonds. The zero-order valence-electron chi connectivity index (χ0n) is 33.2. The first-order valence-corrected chi connectivity index (χ1v) is 20.9.